The van der Waals surface area contributed by atoms with Gasteiger partial charge in [0.25, 0.3) is 0 Å². The van der Waals surface area contributed by atoms with E-state index in [0.29, 0.717) is 24.2 Å². The van der Waals surface area contributed by atoms with E-state index in [-0.39, 0.29) is 17.2 Å². The van der Waals surface area contributed by atoms with Crippen LogP contribution in [0.2, 0.25) is 0 Å². The lowest BCUT2D eigenvalue weighted by Crippen LogP contribution is -2.32. The monoisotopic (exact) mass is 337 g/mol. The minimum atomic E-state index is -0.263. The summed E-state index contributed by atoms with van der Waals surface area (Å²) >= 11 is 3.33. The third kappa shape index (κ3) is 4.95. The van der Waals surface area contributed by atoms with Crippen LogP contribution in [-0.2, 0) is 4.79 Å². The molecule has 20 heavy (non-hydrogen) atoms. The molecule has 1 atom stereocenters. The number of nitrogens with one attached hydrogen (secondary N) is 1. The summed E-state index contributed by atoms with van der Waals surface area (Å²) in [7, 11) is 0. The number of hydrogen-bond donors (Lipinski definition) is 2. The molecule has 0 aliphatic heterocycles. The highest BCUT2D eigenvalue weighted by Gasteiger charge is 2.24. The maximum atomic E-state index is 12.3. The molecule has 3 N–H and O–H groups in total. The molecule has 0 aliphatic carbocycles. The van der Waals surface area contributed by atoms with E-state index in [1.54, 1.807) is 18.2 Å². The lowest BCUT2D eigenvalue weighted by Gasteiger charge is -2.24. The van der Waals surface area contributed by atoms with E-state index >= 15 is 0 Å². The molecule has 0 aromatic heterocycles. The van der Waals surface area contributed by atoms with Crippen LogP contribution in [0, 0.1) is 22.7 Å². The molecule has 0 saturated heterocycles. The van der Waals surface area contributed by atoms with E-state index in [2.05, 4.69) is 48.1 Å². The van der Waals surface area contributed by atoms with Crippen molar-refractivity contribution >= 4 is 27.5 Å². The van der Waals surface area contributed by atoms with Crippen molar-refractivity contribution < 1.29 is 4.79 Å². The Hall–Kier alpha value is -1.38. The highest BCUT2D eigenvalue weighted by atomic mass is 79.9. The van der Waals surface area contributed by atoms with Gasteiger partial charge in [-0.25, -0.2) is 0 Å². The van der Waals surface area contributed by atoms with Gasteiger partial charge in [0.1, 0.15) is 6.07 Å². The molecule has 1 unspecified atom stereocenters. The largest absolute Gasteiger partial charge is 0.330 e. The molecule has 108 valence electrons. The number of halogens is 1. The number of rotatable bonds is 4. The van der Waals surface area contributed by atoms with Crippen molar-refractivity contribution in [2.45, 2.75) is 27.2 Å². The van der Waals surface area contributed by atoms with Crippen LogP contribution in [0.3, 0.4) is 0 Å². The maximum absolute atomic E-state index is 12.3. The topological polar surface area (TPSA) is 78.9 Å². The lowest BCUT2D eigenvalue weighted by atomic mass is 9.84. The molecule has 0 aliphatic rings. The van der Waals surface area contributed by atoms with Crippen molar-refractivity contribution in [2.75, 3.05) is 11.9 Å². The van der Waals surface area contributed by atoms with Gasteiger partial charge in [-0.15, -0.1) is 0 Å². The van der Waals surface area contributed by atoms with Crippen molar-refractivity contribution in [2.24, 2.45) is 17.1 Å². The van der Waals surface area contributed by atoms with Crippen LogP contribution in [-0.4, -0.2) is 12.5 Å². The highest BCUT2D eigenvalue weighted by Crippen LogP contribution is 2.26. The fourth-order valence-electron chi connectivity index (χ4n) is 1.97. The first-order chi connectivity index (χ1) is 9.26. The molecule has 4 nitrogen and oxygen atoms in total. The third-order valence-electron chi connectivity index (χ3n) is 2.87. The van der Waals surface area contributed by atoms with Gasteiger partial charge in [-0.05, 0) is 30.0 Å². The lowest BCUT2D eigenvalue weighted by molar-refractivity contribution is -0.120. The third-order valence-corrected chi connectivity index (χ3v) is 3.37. The van der Waals surface area contributed by atoms with Crippen molar-refractivity contribution in [1.29, 1.82) is 5.26 Å². The molecule has 0 spiro atoms. The molecule has 1 aromatic carbocycles. The van der Waals surface area contributed by atoms with Crippen LogP contribution < -0.4 is 11.1 Å². The fraction of sp³-hybridized carbons (Fsp3) is 0.467. The summed E-state index contributed by atoms with van der Waals surface area (Å²) in [5, 5.41) is 11.9. The number of benzene rings is 1. The molecule has 0 heterocycles. The van der Waals surface area contributed by atoms with Gasteiger partial charge in [0.15, 0.2) is 0 Å². The maximum Gasteiger partial charge on any atom is 0.228 e. The summed E-state index contributed by atoms with van der Waals surface area (Å²) < 4.78 is 0.812. The van der Waals surface area contributed by atoms with Crippen molar-refractivity contribution in [3.8, 4) is 6.07 Å². The van der Waals surface area contributed by atoms with Crippen LogP contribution in [0.25, 0.3) is 0 Å². The van der Waals surface area contributed by atoms with Gasteiger partial charge in [-0.2, -0.15) is 5.26 Å². The quantitative estimate of drug-likeness (QED) is 0.884. The predicted molar refractivity (Wildman–Crippen MR) is 84.1 cm³/mol. The average molecular weight is 338 g/mol. The van der Waals surface area contributed by atoms with Crippen LogP contribution in [0.1, 0.15) is 32.8 Å². The number of nitriles is 1. The number of carbonyl (C=O) groups is 1. The van der Waals surface area contributed by atoms with Crippen LogP contribution in [0.5, 0.6) is 0 Å². The second-order valence-corrected chi connectivity index (χ2v) is 6.90. The second-order valence-electron chi connectivity index (χ2n) is 5.99. The van der Waals surface area contributed by atoms with E-state index in [1.165, 1.54) is 0 Å². The summed E-state index contributed by atoms with van der Waals surface area (Å²) in [4.78, 5) is 12.3. The Labute approximate surface area is 128 Å². The Morgan fingerprint density at radius 2 is 2.15 bits per heavy atom. The standard InChI is InChI=1S/C15H20BrN3O/c1-15(2,3)7-11(9-18)14(20)19-13-6-12(16)5-4-10(13)8-17/h4-6,11H,7,9,18H2,1-3H3,(H,19,20). The number of anilines is 1. The van der Waals surface area contributed by atoms with Gasteiger partial charge < -0.3 is 11.1 Å². The zero-order valence-corrected chi connectivity index (χ0v) is 13.6. The van der Waals surface area contributed by atoms with E-state index in [9.17, 15) is 4.79 Å². The van der Waals surface area contributed by atoms with Crippen LogP contribution in [0.4, 0.5) is 5.69 Å². The molecule has 5 heteroatoms. The number of nitrogens with two attached hydrogens (primary N) is 1. The normalized spacial score (nSPS) is 12.6. The minimum absolute atomic E-state index is 0.0245. The highest BCUT2D eigenvalue weighted by molar-refractivity contribution is 9.10. The summed E-state index contributed by atoms with van der Waals surface area (Å²) in [6.45, 7) is 6.51. The average Bonchev–Trinajstić information content (AvgIpc) is 2.35. The molecule has 1 rings (SSSR count). The summed E-state index contributed by atoms with van der Waals surface area (Å²) in [6.07, 6.45) is 0.700. The van der Waals surface area contributed by atoms with Crippen molar-refractivity contribution in [3.63, 3.8) is 0 Å². The Balaban J connectivity index is 2.89. The van der Waals surface area contributed by atoms with E-state index in [4.69, 9.17) is 11.0 Å². The predicted octanol–water partition coefficient (Wildman–Crippen LogP) is 3.27. The van der Waals surface area contributed by atoms with E-state index in [1.807, 2.05) is 0 Å². The molecule has 0 radical (unpaired) electrons. The zero-order valence-electron chi connectivity index (χ0n) is 12.0. The van der Waals surface area contributed by atoms with E-state index in [0.717, 1.165) is 4.47 Å². The van der Waals surface area contributed by atoms with Crippen LogP contribution >= 0.6 is 15.9 Å². The Morgan fingerprint density at radius 1 is 1.50 bits per heavy atom. The van der Waals surface area contributed by atoms with E-state index < -0.39 is 0 Å². The summed E-state index contributed by atoms with van der Waals surface area (Å²) in [6, 6.07) is 7.23. The second kappa shape index (κ2) is 6.87. The summed E-state index contributed by atoms with van der Waals surface area (Å²) in [5.74, 6) is -0.405. The molecule has 0 fully saturated rings. The number of hydrogen-bond acceptors (Lipinski definition) is 3. The van der Waals surface area contributed by atoms with Gasteiger partial charge in [0.05, 0.1) is 17.2 Å². The molecule has 0 bridgehead atoms. The first kappa shape index (κ1) is 16.7. The first-order valence-electron chi connectivity index (χ1n) is 6.47. The van der Waals surface area contributed by atoms with Gasteiger partial charge in [-0.3, -0.25) is 4.79 Å². The SMILES string of the molecule is CC(C)(C)CC(CN)C(=O)Nc1cc(Br)ccc1C#N. The molecular formula is C15H20BrN3O. The molecule has 1 aromatic rings. The fourth-order valence-corrected chi connectivity index (χ4v) is 2.34. The van der Waals surface area contributed by atoms with Crippen molar-refractivity contribution in [1.82, 2.24) is 0 Å². The molecule has 0 saturated carbocycles. The van der Waals surface area contributed by atoms with Crippen LogP contribution in [0.15, 0.2) is 22.7 Å². The van der Waals surface area contributed by atoms with Gasteiger partial charge >= 0.3 is 0 Å². The Bertz CT molecular complexity index is 529. The van der Waals surface area contributed by atoms with Gasteiger partial charge in [0, 0.05) is 11.0 Å². The minimum Gasteiger partial charge on any atom is -0.330 e. The molecule has 1 amide bonds. The number of amides is 1. The summed E-state index contributed by atoms with van der Waals surface area (Å²) in [5.41, 5.74) is 6.68. The number of nitrogens with zero attached hydrogens (tertiary/aromatic N) is 1. The molecular weight excluding hydrogens is 318 g/mol. The zero-order chi connectivity index (χ0) is 15.3. The Kier molecular flexibility index (Phi) is 5.73. The van der Waals surface area contributed by atoms with Gasteiger partial charge in [-0.1, -0.05) is 36.7 Å². The number of carbonyl (C=O) groups excluding carboxylic acids is 1. The smallest absolute Gasteiger partial charge is 0.228 e. The van der Waals surface area contributed by atoms with Gasteiger partial charge in [0.2, 0.25) is 5.91 Å². The van der Waals surface area contributed by atoms with Crippen molar-refractivity contribution in [3.05, 3.63) is 28.2 Å². The first-order valence-corrected chi connectivity index (χ1v) is 7.26. The Morgan fingerprint density at radius 3 is 2.65 bits per heavy atom.